The predicted octanol–water partition coefficient (Wildman–Crippen LogP) is 1.39. The van der Waals surface area contributed by atoms with Crippen molar-refractivity contribution >= 4 is 11.6 Å². The second-order valence-electron chi connectivity index (χ2n) is 5.32. The Kier molecular flexibility index (Phi) is 3.93. The zero-order valence-electron chi connectivity index (χ0n) is 11.2. The summed E-state index contributed by atoms with van der Waals surface area (Å²) in [4.78, 5) is 10.2. The van der Waals surface area contributed by atoms with E-state index in [-0.39, 0.29) is 5.92 Å². The van der Waals surface area contributed by atoms with Crippen molar-refractivity contribution in [2.45, 2.75) is 39.2 Å². The van der Waals surface area contributed by atoms with Crippen molar-refractivity contribution in [2.24, 2.45) is 0 Å². The van der Waals surface area contributed by atoms with Gasteiger partial charge in [-0.05, 0) is 19.8 Å². The molecule has 0 amide bonds. The van der Waals surface area contributed by atoms with Gasteiger partial charge in [0.2, 0.25) is 0 Å². The molecule has 0 fully saturated rings. The van der Waals surface area contributed by atoms with Gasteiger partial charge in [-0.3, -0.25) is 0 Å². The van der Waals surface area contributed by atoms with E-state index in [1.807, 2.05) is 11.9 Å². The number of rotatable bonds is 4. The molecular weight excluding hydrogens is 216 g/mol. The standard InChI is InChI=1S/C12H22N4O/c1-8(2)9-10(13)14-7-15-11(9)16(5)6-12(3,4)17/h7-8,17H,6H2,1-5H3,(H2,13,14,15). The molecular formula is C12H22N4O. The number of hydrogen-bond acceptors (Lipinski definition) is 5. The third-order valence-electron chi connectivity index (χ3n) is 2.46. The summed E-state index contributed by atoms with van der Waals surface area (Å²) in [6, 6.07) is 0. The summed E-state index contributed by atoms with van der Waals surface area (Å²) in [7, 11) is 1.89. The van der Waals surface area contributed by atoms with Crippen molar-refractivity contribution in [1.82, 2.24) is 9.97 Å². The molecule has 0 saturated carbocycles. The fourth-order valence-corrected chi connectivity index (χ4v) is 1.91. The molecule has 0 aliphatic rings. The number of anilines is 2. The van der Waals surface area contributed by atoms with Crippen LogP contribution in [-0.2, 0) is 0 Å². The zero-order valence-corrected chi connectivity index (χ0v) is 11.2. The van der Waals surface area contributed by atoms with Crippen LogP contribution in [0.25, 0.3) is 0 Å². The van der Waals surface area contributed by atoms with E-state index < -0.39 is 5.60 Å². The van der Waals surface area contributed by atoms with Gasteiger partial charge in [-0.15, -0.1) is 0 Å². The van der Waals surface area contributed by atoms with E-state index >= 15 is 0 Å². The van der Waals surface area contributed by atoms with Crippen LogP contribution in [0.15, 0.2) is 6.33 Å². The molecule has 96 valence electrons. The second kappa shape index (κ2) is 4.87. The van der Waals surface area contributed by atoms with E-state index in [0.717, 1.165) is 11.4 Å². The van der Waals surface area contributed by atoms with Gasteiger partial charge in [-0.25, -0.2) is 9.97 Å². The summed E-state index contributed by atoms with van der Waals surface area (Å²) in [6.07, 6.45) is 1.46. The van der Waals surface area contributed by atoms with Crippen LogP contribution in [0.5, 0.6) is 0 Å². The first kappa shape index (κ1) is 13.7. The molecule has 0 bridgehead atoms. The molecule has 17 heavy (non-hydrogen) atoms. The molecule has 0 radical (unpaired) electrons. The SMILES string of the molecule is CC(C)c1c(N)ncnc1N(C)CC(C)(C)O. The number of nitrogens with zero attached hydrogens (tertiary/aromatic N) is 3. The molecule has 1 rings (SSSR count). The van der Waals surface area contributed by atoms with Gasteiger partial charge >= 0.3 is 0 Å². The van der Waals surface area contributed by atoms with Gasteiger partial charge in [-0.2, -0.15) is 0 Å². The molecule has 5 heteroatoms. The second-order valence-corrected chi connectivity index (χ2v) is 5.32. The molecule has 5 nitrogen and oxygen atoms in total. The average Bonchev–Trinajstić information content (AvgIpc) is 2.13. The maximum absolute atomic E-state index is 9.83. The summed E-state index contributed by atoms with van der Waals surface area (Å²) < 4.78 is 0. The Morgan fingerprint density at radius 2 is 2.00 bits per heavy atom. The van der Waals surface area contributed by atoms with E-state index in [0.29, 0.717) is 12.4 Å². The number of aliphatic hydroxyl groups is 1. The minimum Gasteiger partial charge on any atom is -0.389 e. The maximum atomic E-state index is 9.83. The normalized spacial score (nSPS) is 11.9. The van der Waals surface area contributed by atoms with Crippen LogP contribution in [0, 0.1) is 0 Å². The molecule has 0 aliphatic carbocycles. The molecule has 0 saturated heterocycles. The molecule has 0 spiro atoms. The average molecular weight is 238 g/mol. The monoisotopic (exact) mass is 238 g/mol. The Bertz CT molecular complexity index is 385. The van der Waals surface area contributed by atoms with E-state index in [2.05, 4.69) is 23.8 Å². The van der Waals surface area contributed by atoms with E-state index in [1.54, 1.807) is 13.8 Å². The summed E-state index contributed by atoms with van der Waals surface area (Å²) in [5.74, 6) is 1.54. The minimum atomic E-state index is -0.775. The maximum Gasteiger partial charge on any atom is 0.137 e. The van der Waals surface area contributed by atoms with Crippen molar-refractivity contribution in [2.75, 3.05) is 24.2 Å². The molecule has 3 N–H and O–H groups in total. The van der Waals surface area contributed by atoms with Crippen LogP contribution in [0.4, 0.5) is 11.6 Å². The van der Waals surface area contributed by atoms with Gasteiger partial charge in [0.15, 0.2) is 0 Å². The van der Waals surface area contributed by atoms with Gasteiger partial charge in [0.1, 0.15) is 18.0 Å². The quantitative estimate of drug-likeness (QED) is 0.829. The predicted molar refractivity (Wildman–Crippen MR) is 70.1 cm³/mol. The lowest BCUT2D eigenvalue weighted by Gasteiger charge is -2.28. The lowest BCUT2D eigenvalue weighted by atomic mass is 10.0. The molecule has 0 unspecified atom stereocenters. The fourth-order valence-electron chi connectivity index (χ4n) is 1.91. The van der Waals surface area contributed by atoms with Crippen LogP contribution >= 0.6 is 0 Å². The van der Waals surface area contributed by atoms with Crippen molar-refractivity contribution in [3.8, 4) is 0 Å². The topological polar surface area (TPSA) is 75.3 Å². The van der Waals surface area contributed by atoms with Gasteiger partial charge in [0, 0.05) is 19.2 Å². The highest BCUT2D eigenvalue weighted by atomic mass is 16.3. The molecule has 0 atom stereocenters. The fraction of sp³-hybridized carbons (Fsp3) is 0.667. The van der Waals surface area contributed by atoms with Crippen molar-refractivity contribution in [3.05, 3.63) is 11.9 Å². The molecule has 1 heterocycles. The van der Waals surface area contributed by atoms with Gasteiger partial charge in [0.05, 0.1) is 5.60 Å². The zero-order chi connectivity index (χ0) is 13.2. The van der Waals surface area contributed by atoms with E-state index in [4.69, 9.17) is 5.73 Å². The Morgan fingerprint density at radius 1 is 1.41 bits per heavy atom. The lowest BCUT2D eigenvalue weighted by Crippen LogP contribution is -2.37. The van der Waals surface area contributed by atoms with Gasteiger partial charge < -0.3 is 15.7 Å². The Hall–Kier alpha value is -1.36. The Balaban J connectivity index is 3.09. The summed E-state index contributed by atoms with van der Waals surface area (Å²) >= 11 is 0. The number of hydrogen-bond donors (Lipinski definition) is 2. The first-order chi connectivity index (χ1) is 7.72. The molecule has 1 aromatic rings. The third kappa shape index (κ3) is 3.56. The number of nitrogen functional groups attached to an aromatic ring is 1. The van der Waals surface area contributed by atoms with Crippen molar-refractivity contribution < 1.29 is 5.11 Å². The largest absolute Gasteiger partial charge is 0.389 e. The third-order valence-corrected chi connectivity index (χ3v) is 2.46. The van der Waals surface area contributed by atoms with Crippen molar-refractivity contribution in [1.29, 1.82) is 0 Å². The van der Waals surface area contributed by atoms with Crippen LogP contribution in [0.2, 0.25) is 0 Å². The summed E-state index contributed by atoms with van der Waals surface area (Å²) in [5, 5.41) is 9.83. The van der Waals surface area contributed by atoms with Gasteiger partial charge in [-0.1, -0.05) is 13.8 Å². The van der Waals surface area contributed by atoms with Crippen LogP contribution < -0.4 is 10.6 Å². The number of nitrogens with two attached hydrogens (primary N) is 1. The highest BCUT2D eigenvalue weighted by Gasteiger charge is 2.21. The van der Waals surface area contributed by atoms with E-state index in [1.165, 1.54) is 6.33 Å². The lowest BCUT2D eigenvalue weighted by molar-refractivity contribution is 0.0884. The minimum absolute atomic E-state index is 0.246. The van der Waals surface area contributed by atoms with E-state index in [9.17, 15) is 5.11 Å². The summed E-state index contributed by atoms with van der Waals surface area (Å²) in [6.45, 7) is 8.13. The molecule has 0 aliphatic heterocycles. The van der Waals surface area contributed by atoms with Crippen LogP contribution in [0.1, 0.15) is 39.2 Å². The highest BCUT2D eigenvalue weighted by Crippen LogP contribution is 2.28. The Morgan fingerprint density at radius 3 is 2.47 bits per heavy atom. The first-order valence-electron chi connectivity index (χ1n) is 5.76. The smallest absolute Gasteiger partial charge is 0.137 e. The van der Waals surface area contributed by atoms with Crippen molar-refractivity contribution in [3.63, 3.8) is 0 Å². The Labute approximate surface area is 103 Å². The highest BCUT2D eigenvalue weighted by molar-refractivity contribution is 5.57. The summed E-state index contributed by atoms with van der Waals surface area (Å²) in [5.41, 5.74) is 6.04. The molecule has 0 aromatic carbocycles. The van der Waals surface area contributed by atoms with Crippen LogP contribution in [0.3, 0.4) is 0 Å². The van der Waals surface area contributed by atoms with Crippen LogP contribution in [-0.4, -0.2) is 34.3 Å². The number of aromatic nitrogens is 2. The molecule has 1 aromatic heterocycles. The first-order valence-corrected chi connectivity index (χ1v) is 5.76. The number of likely N-dealkylation sites (N-methyl/N-ethyl adjacent to an activating group) is 1. The van der Waals surface area contributed by atoms with Gasteiger partial charge in [0.25, 0.3) is 0 Å².